The van der Waals surface area contributed by atoms with Gasteiger partial charge in [0.25, 0.3) is 0 Å². The number of halogens is 2. The highest BCUT2D eigenvalue weighted by atomic mass is 35.5. The summed E-state index contributed by atoms with van der Waals surface area (Å²) in [6.07, 6.45) is 4.66. The van der Waals surface area contributed by atoms with Gasteiger partial charge in [0.15, 0.2) is 5.16 Å². The molecule has 30 heavy (non-hydrogen) atoms. The van der Waals surface area contributed by atoms with Gasteiger partial charge >= 0.3 is 0 Å². The Kier molecular flexibility index (Phi) is 8.02. The minimum atomic E-state index is -0.246. The van der Waals surface area contributed by atoms with E-state index in [-0.39, 0.29) is 30.0 Å². The number of aromatic nitrogens is 3. The van der Waals surface area contributed by atoms with Crippen LogP contribution in [0, 0.1) is 5.92 Å². The van der Waals surface area contributed by atoms with Gasteiger partial charge in [0, 0.05) is 18.8 Å². The molecule has 0 aliphatic heterocycles. The van der Waals surface area contributed by atoms with Gasteiger partial charge in [0.1, 0.15) is 5.82 Å². The van der Waals surface area contributed by atoms with Gasteiger partial charge in [-0.3, -0.25) is 9.59 Å². The zero-order chi connectivity index (χ0) is 21.7. The van der Waals surface area contributed by atoms with Gasteiger partial charge in [-0.2, -0.15) is 0 Å². The number of hydrogen-bond donors (Lipinski definition) is 2. The first-order chi connectivity index (χ1) is 14.3. The van der Waals surface area contributed by atoms with Gasteiger partial charge in [-0.1, -0.05) is 54.7 Å². The topological polar surface area (TPSA) is 88.9 Å². The predicted octanol–water partition coefficient (Wildman–Crippen LogP) is 4.09. The monoisotopic (exact) mass is 469 g/mol. The van der Waals surface area contributed by atoms with Crippen molar-refractivity contribution in [1.29, 1.82) is 0 Å². The quantitative estimate of drug-likeness (QED) is 0.595. The molecule has 3 rings (SSSR count). The largest absolute Gasteiger partial charge is 0.352 e. The minimum absolute atomic E-state index is 0.000611. The molecule has 2 atom stereocenters. The summed E-state index contributed by atoms with van der Waals surface area (Å²) in [7, 11) is 1.78. The number of nitrogens with zero attached hydrogens (tertiary/aromatic N) is 3. The van der Waals surface area contributed by atoms with Crippen LogP contribution in [0.25, 0.3) is 0 Å². The summed E-state index contributed by atoms with van der Waals surface area (Å²) in [5.74, 6) is 1.05. The molecule has 1 aromatic carbocycles. The number of hydrogen-bond acceptors (Lipinski definition) is 5. The third-order valence-electron chi connectivity index (χ3n) is 5.24. The first-order valence-electron chi connectivity index (χ1n) is 9.89. The summed E-state index contributed by atoms with van der Waals surface area (Å²) in [5.41, 5.74) is 0.555. The van der Waals surface area contributed by atoms with Crippen molar-refractivity contribution in [2.24, 2.45) is 13.0 Å². The Hall–Kier alpha value is -1.77. The molecular formula is C20H25Cl2N5O2S. The Balaban J connectivity index is 1.50. The zero-order valence-electron chi connectivity index (χ0n) is 17.0. The van der Waals surface area contributed by atoms with Crippen molar-refractivity contribution in [1.82, 2.24) is 20.1 Å². The Labute approximate surface area is 190 Å². The molecule has 1 fully saturated rings. The number of carbonyl (C=O) groups is 2. The lowest BCUT2D eigenvalue weighted by Gasteiger charge is -2.29. The van der Waals surface area contributed by atoms with Gasteiger partial charge in [-0.15, -0.1) is 10.2 Å². The molecule has 0 spiro atoms. The number of amides is 2. The molecular weight excluding hydrogens is 445 g/mol. The van der Waals surface area contributed by atoms with E-state index in [4.69, 9.17) is 23.2 Å². The van der Waals surface area contributed by atoms with E-state index >= 15 is 0 Å². The van der Waals surface area contributed by atoms with Crippen molar-refractivity contribution in [3.8, 4) is 0 Å². The summed E-state index contributed by atoms with van der Waals surface area (Å²) in [5, 5.41) is 15.5. The van der Waals surface area contributed by atoms with Crippen LogP contribution in [0.5, 0.6) is 0 Å². The molecule has 1 heterocycles. The van der Waals surface area contributed by atoms with E-state index in [2.05, 4.69) is 27.8 Å². The lowest BCUT2D eigenvalue weighted by atomic mass is 9.86. The average molecular weight is 470 g/mol. The van der Waals surface area contributed by atoms with E-state index in [0.717, 1.165) is 12.8 Å². The number of benzene rings is 1. The summed E-state index contributed by atoms with van der Waals surface area (Å²) in [4.78, 5) is 24.6. The molecule has 10 heteroatoms. The maximum Gasteiger partial charge on any atom is 0.232 e. The smallest absolute Gasteiger partial charge is 0.232 e. The highest BCUT2D eigenvalue weighted by Gasteiger charge is 2.23. The van der Waals surface area contributed by atoms with Crippen LogP contribution in [-0.2, 0) is 23.1 Å². The van der Waals surface area contributed by atoms with Crippen molar-refractivity contribution < 1.29 is 9.59 Å². The molecule has 1 aliphatic carbocycles. The molecule has 7 nitrogen and oxygen atoms in total. The first kappa shape index (κ1) is 22.9. The van der Waals surface area contributed by atoms with Crippen LogP contribution in [0.2, 0.25) is 10.0 Å². The summed E-state index contributed by atoms with van der Waals surface area (Å²) >= 11 is 13.2. The van der Waals surface area contributed by atoms with Crippen LogP contribution < -0.4 is 10.6 Å². The van der Waals surface area contributed by atoms with Gasteiger partial charge in [-0.05, 0) is 37.0 Å². The first-order valence-corrected chi connectivity index (χ1v) is 11.6. The number of rotatable bonds is 7. The average Bonchev–Trinajstić information content (AvgIpc) is 3.04. The molecule has 2 N–H and O–H groups in total. The van der Waals surface area contributed by atoms with Crippen LogP contribution >= 0.6 is 35.0 Å². The van der Waals surface area contributed by atoms with Crippen LogP contribution in [-0.4, -0.2) is 38.4 Å². The molecule has 1 saturated carbocycles. The number of carbonyl (C=O) groups excluding carboxylic acids is 2. The molecule has 2 unspecified atom stereocenters. The normalized spacial score (nSPS) is 18.8. The Bertz CT molecular complexity index is 921. The van der Waals surface area contributed by atoms with Gasteiger partial charge in [-0.25, -0.2) is 0 Å². The van der Waals surface area contributed by atoms with Crippen LogP contribution in [0.4, 0.5) is 5.69 Å². The fraction of sp³-hybridized carbons (Fsp3) is 0.500. The highest BCUT2D eigenvalue weighted by molar-refractivity contribution is 7.99. The molecule has 1 aliphatic rings. The van der Waals surface area contributed by atoms with Crippen LogP contribution in [0.3, 0.4) is 0 Å². The van der Waals surface area contributed by atoms with Crippen molar-refractivity contribution in [2.45, 2.75) is 50.2 Å². The Morgan fingerprint density at radius 1 is 1.17 bits per heavy atom. The summed E-state index contributed by atoms with van der Waals surface area (Å²) in [6.45, 7) is 2.19. The standard InChI is InChI=1S/C20H25Cl2N5O2S/c1-12-5-3-4-6-16(12)24-19(29)11-30-20-26-25-17(27(20)2)10-18(28)23-13-7-8-14(21)15(22)9-13/h7-9,12,16H,3-6,10-11H2,1-2H3,(H,23,28)(H,24,29). The van der Waals surface area contributed by atoms with Gasteiger partial charge < -0.3 is 15.2 Å². The van der Waals surface area contributed by atoms with E-state index < -0.39 is 0 Å². The molecule has 2 aromatic rings. The third-order valence-corrected chi connectivity index (χ3v) is 7.00. The summed E-state index contributed by atoms with van der Waals surface area (Å²) < 4.78 is 1.73. The van der Waals surface area contributed by atoms with Crippen molar-refractivity contribution >= 4 is 52.5 Å². The van der Waals surface area contributed by atoms with Gasteiger partial charge in [0.05, 0.1) is 22.2 Å². The van der Waals surface area contributed by atoms with Gasteiger partial charge in [0.2, 0.25) is 11.8 Å². The van der Waals surface area contributed by atoms with E-state index in [1.807, 2.05) is 0 Å². The third kappa shape index (κ3) is 6.12. The predicted molar refractivity (Wildman–Crippen MR) is 120 cm³/mol. The van der Waals surface area contributed by atoms with Crippen molar-refractivity contribution in [3.05, 3.63) is 34.1 Å². The fourth-order valence-corrected chi connectivity index (χ4v) is 4.50. The molecule has 162 valence electrons. The van der Waals surface area contributed by atoms with E-state index in [1.54, 1.807) is 29.8 Å². The van der Waals surface area contributed by atoms with E-state index in [9.17, 15) is 9.59 Å². The maximum atomic E-state index is 12.3. The second-order valence-corrected chi connectivity index (χ2v) is 9.29. The maximum absolute atomic E-state index is 12.3. The lowest BCUT2D eigenvalue weighted by molar-refractivity contribution is -0.120. The van der Waals surface area contributed by atoms with Crippen LogP contribution in [0.15, 0.2) is 23.4 Å². The second kappa shape index (κ2) is 10.5. The van der Waals surface area contributed by atoms with E-state index in [0.29, 0.717) is 32.6 Å². The number of anilines is 1. The van der Waals surface area contributed by atoms with Crippen molar-refractivity contribution in [2.75, 3.05) is 11.1 Å². The molecule has 0 saturated heterocycles. The Morgan fingerprint density at radius 3 is 2.67 bits per heavy atom. The number of nitrogens with one attached hydrogen (secondary N) is 2. The molecule has 0 radical (unpaired) electrons. The molecule has 2 amide bonds. The SMILES string of the molecule is CC1CCCCC1NC(=O)CSc1nnc(CC(=O)Nc2ccc(Cl)c(Cl)c2)n1C. The van der Waals surface area contributed by atoms with E-state index in [1.165, 1.54) is 24.6 Å². The highest BCUT2D eigenvalue weighted by Crippen LogP contribution is 2.26. The fourth-order valence-electron chi connectivity index (χ4n) is 3.46. The molecule has 0 bridgehead atoms. The Morgan fingerprint density at radius 2 is 1.93 bits per heavy atom. The second-order valence-electron chi connectivity index (χ2n) is 7.54. The zero-order valence-corrected chi connectivity index (χ0v) is 19.3. The summed E-state index contributed by atoms with van der Waals surface area (Å²) in [6, 6.07) is 5.14. The minimum Gasteiger partial charge on any atom is -0.352 e. The number of thioether (sulfide) groups is 1. The van der Waals surface area contributed by atoms with Crippen molar-refractivity contribution in [3.63, 3.8) is 0 Å². The van der Waals surface area contributed by atoms with Crippen LogP contribution in [0.1, 0.15) is 38.4 Å². The molecule has 1 aromatic heterocycles. The lowest BCUT2D eigenvalue weighted by Crippen LogP contribution is -2.41.